The number of hydrogen-bond donors (Lipinski definition) is 0. The maximum atomic E-state index is 13.4. The lowest BCUT2D eigenvalue weighted by atomic mass is 10.1. The first-order valence-corrected chi connectivity index (χ1v) is 9.39. The van der Waals surface area contributed by atoms with E-state index < -0.39 is 5.82 Å². The molecular weight excluding hydrogens is 375 g/mol. The van der Waals surface area contributed by atoms with Crippen LogP contribution in [0.4, 0.5) is 4.39 Å². The minimum atomic E-state index is -0.443. The van der Waals surface area contributed by atoms with Gasteiger partial charge in [-0.2, -0.15) is 0 Å². The fourth-order valence-corrected chi connectivity index (χ4v) is 3.59. The van der Waals surface area contributed by atoms with Gasteiger partial charge in [0.25, 0.3) is 11.8 Å². The summed E-state index contributed by atoms with van der Waals surface area (Å²) in [4.78, 5) is 28.9. The summed E-state index contributed by atoms with van der Waals surface area (Å²) in [7, 11) is 1.59. The summed E-state index contributed by atoms with van der Waals surface area (Å²) in [6.45, 7) is 3.39. The van der Waals surface area contributed by atoms with Crippen molar-refractivity contribution in [2.45, 2.75) is 6.92 Å². The van der Waals surface area contributed by atoms with Crippen LogP contribution in [0.3, 0.4) is 0 Å². The number of ether oxygens (including phenoxy) is 1. The highest BCUT2D eigenvalue weighted by atomic mass is 19.1. The summed E-state index contributed by atoms with van der Waals surface area (Å²) in [5.74, 6) is 0.129. The van der Waals surface area contributed by atoms with Gasteiger partial charge in [0.15, 0.2) is 5.76 Å². The predicted molar refractivity (Wildman–Crippen MR) is 106 cm³/mol. The Hall–Kier alpha value is -3.35. The Bertz CT molecular complexity index is 1080. The number of hydrogen-bond acceptors (Lipinski definition) is 4. The molecule has 0 N–H and O–H groups in total. The lowest BCUT2D eigenvalue weighted by Crippen LogP contribution is -2.50. The molecule has 0 atom stereocenters. The van der Waals surface area contributed by atoms with Crippen LogP contribution in [0.2, 0.25) is 0 Å². The summed E-state index contributed by atoms with van der Waals surface area (Å²) < 4.78 is 24.4. The molecule has 0 unspecified atom stereocenters. The van der Waals surface area contributed by atoms with Crippen molar-refractivity contribution in [3.63, 3.8) is 0 Å². The number of benzene rings is 2. The van der Waals surface area contributed by atoms with Crippen LogP contribution in [0, 0.1) is 12.7 Å². The van der Waals surface area contributed by atoms with E-state index in [4.69, 9.17) is 9.15 Å². The van der Waals surface area contributed by atoms with Crippen LogP contribution in [-0.2, 0) is 0 Å². The molecule has 1 saturated heterocycles. The van der Waals surface area contributed by atoms with E-state index in [2.05, 4.69) is 0 Å². The lowest BCUT2D eigenvalue weighted by molar-refractivity contribution is 0.0518. The zero-order chi connectivity index (χ0) is 20.5. The third-order valence-electron chi connectivity index (χ3n) is 5.26. The maximum Gasteiger partial charge on any atom is 0.290 e. The molecule has 0 spiro atoms. The van der Waals surface area contributed by atoms with Crippen molar-refractivity contribution in [3.05, 3.63) is 65.2 Å². The molecule has 2 heterocycles. The molecule has 0 bridgehead atoms. The number of aryl methyl sites for hydroxylation is 1. The monoisotopic (exact) mass is 396 g/mol. The van der Waals surface area contributed by atoms with Crippen LogP contribution in [0.15, 0.2) is 46.9 Å². The standard InChI is InChI=1S/C22H21FN2O4/c1-14-18-13-17(28-2)6-7-19(18)29-20(14)22(27)25-10-8-24(9-11-25)21(26)15-4-3-5-16(23)12-15/h3-7,12-13H,8-11H2,1-2H3. The third kappa shape index (κ3) is 3.55. The Labute approximate surface area is 167 Å². The quantitative estimate of drug-likeness (QED) is 0.680. The van der Waals surface area contributed by atoms with Gasteiger partial charge in [-0.25, -0.2) is 4.39 Å². The van der Waals surface area contributed by atoms with Gasteiger partial charge in [0.1, 0.15) is 17.1 Å². The summed E-state index contributed by atoms with van der Waals surface area (Å²) in [6, 6.07) is 11.1. The Morgan fingerprint density at radius 3 is 2.34 bits per heavy atom. The van der Waals surface area contributed by atoms with Gasteiger partial charge in [0, 0.05) is 42.7 Å². The number of carbonyl (C=O) groups excluding carboxylic acids is 2. The number of methoxy groups -OCH3 is 1. The first kappa shape index (κ1) is 19.0. The number of halogens is 1. The van der Waals surface area contributed by atoms with Crippen LogP contribution in [-0.4, -0.2) is 54.9 Å². The highest BCUT2D eigenvalue weighted by molar-refractivity contribution is 5.99. The van der Waals surface area contributed by atoms with Gasteiger partial charge in [0.2, 0.25) is 0 Å². The van der Waals surface area contributed by atoms with Gasteiger partial charge < -0.3 is 19.0 Å². The van der Waals surface area contributed by atoms with Crippen LogP contribution in [0.1, 0.15) is 26.5 Å². The molecule has 1 aliphatic rings. The molecular formula is C22H21FN2O4. The predicted octanol–water partition coefficient (Wildman–Crippen LogP) is 3.49. The van der Waals surface area contributed by atoms with Gasteiger partial charge >= 0.3 is 0 Å². The van der Waals surface area contributed by atoms with Crippen molar-refractivity contribution >= 4 is 22.8 Å². The van der Waals surface area contributed by atoms with Crippen LogP contribution in [0.25, 0.3) is 11.0 Å². The van der Waals surface area contributed by atoms with Crippen molar-refractivity contribution in [3.8, 4) is 5.75 Å². The Morgan fingerprint density at radius 2 is 1.69 bits per heavy atom. The highest BCUT2D eigenvalue weighted by Crippen LogP contribution is 2.29. The van der Waals surface area contributed by atoms with E-state index in [0.29, 0.717) is 48.8 Å². The van der Waals surface area contributed by atoms with Gasteiger partial charge in [-0.05, 0) is 43.3 Å². The molecule has 2 amide bonds. The first-order chi connectivity index (χ1) is 14.0. The SMILES string of the molecule is COc1ccc2oc(C(=O)N3CCN(C(=O)c4cccc(F)c4)CC3)c(C)c2c1. The number of amides is 2. The fourth-order valence-electron chi connectivity index (χ4n) is 3.59. The average molecular weight is 396 g/mol. The van der Waals surface area contributed by atoms with E-state index >= 15 is 0 Å². The van der Waals surface area contributed by atoms with Gasteiger partial charge in [0.05, 0.1) is 7.11 Å². The van der Waals surface area contributed by atoms with Gasteiger partial charge in [-0.1, -0.05) is 6.07 Å². The van der Waals surface area contributed by atoms with Crippen molar-refractivity contribution in [2.24, 2.45) is 0 Å². The molecule has 3 aromatic rings. The second-order valence-electron chi connectivity index (χ2n) is 7.01. The molecule has 0 aliphatic carbocycles. The van der Waals surface area contributed by atoms with E-state index in [1.54, 1.807) is 35.1 Å². The first-order valence-electron chi connectivity index (χ1n) is 9.39. The number of furan rings is 1. The molecule has 1 fully saturated rings. The topological polar surface area (TPSA) is 63.0 Å². The molecule has 6 nitrogen and oxygen atoms in total. The average Bonchev–Trinajstić information content (AvgIpc) is 3.08. The largest absolute Gasteiger partial charge is 0.497 e. The molecule has 1 aromatic heterocycles. The Morgan fingerprint density at radius 1 is 1.00 bits per heavy atom. The molecule has 2 aromatic carbocycles. The highest BCUT2D eigenvalue weighted by Gasteiger charge is 2.28. The molecule has 0 saturated carbocycles. The summed E-state index contributed by atoms with van der Waals surface area (Å²) >= 11 is 0. The summed E-state index contributed by atoms with van der Waals surface area (Å²) in [5.41, 5.74) is 1.71. The van der Waals surface area contributed by atoms with E-state index in [1.807, 2.05) is 13.0 Å². The zero-order valence-electron chi connectivity index (χ0n) is 16.3. The molecule has 150 valence electrons. The molecule has 4 rings (SSSR count). The van der Waals surface area contributed by atoms with Crippen molar-refractivity contribution in [1.29, 1.82) is 0 Å². The maximum absolute atomic E-state index is 13.4. The third-order valence-corrected chi connectivity index (χ3v) is 5.26. The minimum Gasteiger partial charge on any atom is -0.497 e. The smallest absolute Gasteiger partial charge is 0.290 e. The van der Waals surface area contributed by atoms with Crippen molar-refractivity contribution < 1.29 is 23.1 Å². The molecule has 7 heteroatoms. The van der Waals surface area contributed by atoms with Gasteiger partial charge in [-0.3, -0.25) is 9.59 Å². The zero-order valence-corrected chi connectivity index (χ0v) is 16.3. The van der Waals surface area contributed by atoms with Crippen molar-refractivity contribution in [1.82, 2.24) is 9.80 Å². The Kier molecular flexibility index (Phi) is 4.96. The molecule has 0 radical (unpaired) electrons. The number of nitrogens with zero attached hydrogens (tertiary/aromatic N) is 2. The normalized spacial score (nSPS) is 14.3. The fraction of sp³-hybridized carbons (Fsp3) is 0.273. The second-order valence-corrected chi connectivity index (χ2v) is 7.01. The Balaban J connectivity index is 1.47. The number of fused-ring (bicyclic) bond motifs is 1. The number of rotatable bonds is 3. The van der Waals surface area contributed by atoms with E-state index in [0.717, 1.165) is 10.9 Å². The minimum absolute atomic E-state index is 0.199. The number of piperazine rings is 1. The van der Waals surface area contributed by atoms with E-state index in [1.165, 1.54) is 18.2 Å². The second kappa shape index (κ2) is 7.58. The van der Waals surface area contributed by atoms with Crippen LogP contribution in [0.5, 0.6) is 5.75 Å². The van der Waals surface area contributed by atoms with E-state index in [9.17, 15) is 14.0 Å². The lowest BCUT2D eigenvalue weighted by Gasteiger charge is -2.34. The van der Waals surface area contributed by atoms with Crippen molar-refractivity contribution in [2.75, 3.05) is 33.3 Å². The van der Waals surface area contributed by atoms with Crippen LogP contribution < -0.4 is 4.74 Å². The molecule has 1 aliphatic heterocycles. The number of carbonyl (C=O) groups is 2. The van der Waals surface area contributed by atoms with Gasteiger partial charge in [-0.15, -0.1) is 0 Å². The summed E-state index contributed by atoms with van der Waals surface area (Å²) in [6.07, 6.45) is 0. The summed E-state index contributed by atoms with van der Waals surface area (Å²) in [5, 5.41) is 0.840. The van der Waals surface area contributed by atoms with E-state index in [-0.39, 0.29) is 11.8 Å². The van der Waals surface area contributed by atoms with Crippen LogP contribution >= 0.6 is 0 Å². The molecule has 29 heavy (non-hydrogen) atoms.